The molecule has 0 bridgehead atoms. The summed E-state index contributed by atoms with van der Waals surface area (Å²) in [5.41, 5.74) is 6.58. The second-order valence-corrected chi connectivity index (χ2v) is 6.93. The standard InChI is InChI=1S/C19H24N4O5/c1-27-12-3-4-13-14(9-12)21-17(19(26)28-2)16(13)22-15(24)10-23-7-5-11(6-8-23)18(20)25/h3-4,9,11,21H,5-8,10H2,1-2H3,(H2,20,25)(H,22,24)/p+1. The largest absolute Gasteiger partial charge is 0.497 e. The molecule has 0 aliphatic carbocycles. The van der Waals surface area contributed by atoms with Gasteiger partial charge in [-0.15, -0.1) is 0 Å². The first-order chi connectivity index (χ1) is 13.4. The summed E-state index contributed by atoms with van der Waals surface area (Å²) in [5, 5.41) is 3.53. The molecule has 1 aliphatic rings. The van der Waals surface area contributed by atoms with Crippen LogP contribution in [0.1, 0.15) is 23.3 Å². The molecule has 1 aromatic heterocycles. The molecule has 9 nitrogen and oxygen atoms in total. The summed E-state index contributed by atoms with van der Waals surface area (Å²) in [6.45, 7) is 1.65. The number of carbonyl (C=O) groups excluding carboxylic acids is 3. The minimum absolute atomic E-state index is 0.110. The normalized spacial score (nSPS) is 19.2. The third-order valence-electron chi connectivity index (χ3n) is 5.17. The minimum atomic E-state index is -0.569. The van der Waals surface area contributed by atoms with Crippen molar-refractivity contribution in [2.75, 3.05) is 39.2 Å². The zero-order chi connectivity index (χ0) is 20.3. The van der Waals surface area contributed by atoms with Crippen molar-refractivity contribution >= 4 is 34.4 Å². The maximum Gasteiger partial charge on any atom is 0.356 e. The molecule has 9 heteroatoms. The first-order valence-corrected chi connectivity index (χ1v) is 9.13. The van der Waals surface area contributed by atoms with Gasteiger partial charge in [0.15, 0.2) is 6.54 Å². The molecule has 1 aliphatic heterocycles. The molecule has 1 aromatic carbocycles. The summed E-state index contributed by atoms with van der Waals surface area (Å²) < 4.78 is 10.0. The van der Waals surface area contributed by atoms with Crippen molar-refractivity contribution in [3.63, 3.8) is 0 Å². The molecule has 5 N–H and O–H groups in total. The van der Waals surface area contributed by atoms with Crippen LogP contribution in [0.15, 0.2) is 18.2 Å². The Morgan fingerprint density at radius 1 is 1.25 bits per heavy atom. The summed E-state index contributed by atoms with van der Waals surface area (Å²) in [4.78, 5) is 40.1. The highest BCUT2D eigenvalue weighted by Gasteiger charge is 2.28. The number of likely N-dealkylation sites (tertiary alicyclic amines) is 1. The van der Waals surface area contributed by atoms with Gasteiger partial charge in [-0.2, -0.15) is 0 Å². The van der Waals surface area contributed by atoms with Crippen molar-refractivity contribution in [2.24, 2.45) is 11.7 Å². The van der Waals surface area contributed by atoms with E-state index in [0.717, 1.165) is 4.90 Å². The topological polar surface area (TPSA) is 128 Å². The maximum atomic E-state index is 12.6. The molecule has 2 heterocycles. The Hall–Kier alpha value is -3.07. The molecule has 150 valence electrons. The SMILES string of the molecule is COC(=O)c1[nH]c2cc(OC)ccc2c1NC(=O)C[NH+]1CCC(C(N)=O)CC1. The van der Waals surface area contributed by atoms with Crippen molar-refractivity contribution in [3.05, 3.63) is 23.9 Å². The Kier molecular flexibility index (Phi) is 5.84. The van der Waals surface area contributed by atoms with Crippen molar-refractivity contribution in [1.82, 2.24) is 4.98 Å². The quantitative estimate of drug-likeness (QED) is 0.504. The number of rotatable bonds is 6. The van der Waals surface area contributed by atoms with Gasteiger partial charge in [0.2, 0.25) is 5.91 Å². The minimum Gasteiger partial charge on any atom is -0.497 e. The number of piperidine rings is 1. The van der Waals surface area contributed by atoms with E-state index >= 15 is 0 Å². The number of nitrogens with one attached hydrogen (secondary N) is 3. The van der Waals surface area contributed by atoms with Crippen LogP contribution in [0.4, 0.5) is 5.69 Å². The highest BCUT2D eigenvalue weighted by molar-refractivity contribution is 6.11. The van der Waals surface area contributed by atoms with Gasteiger partial charge in [-0.05, 0) is 12.1 Å². The highest BCUT2D eigenvalue weighted by Crippen LogP contribution is 2.31. The monoisotopic (exact) mass is 389 g/mol. The number of hydrogen-bond donors (Lipinski definition) is 4. The van der Waals surface area contributed by atoms with Crippen LogP contribution in [-0.2, 0) is 14.3 Å². The van der Waals surface area contributed by atoms with Crippen LogP contribution in [0.3, 0.4) is 0 Å². The number of hydrogen-bond acceptors (Lipinski definition) is 5. The second-order valence-electron chi connectivity index (χ2n) is 6.93. The van der Waals surface area contributed by atoms with E-state index in [0.29, 0.717) is 48.3 Å². The van der Waals surface area contributed by atoms with E-state index in [2.05, 4.69) is 10.3 Å². The van der Waals surface area contributed by atoms with Crippen LogP contribution in [0.2, 0.25) is 0 Å². The predicted molar refractivity (Wildman–Crippen MR) is 102 cm³/mol. The zero-order valence-electron chi connectivity index (χ0n) is 16.0. The predicted octanol–water partition coefficient (Wildman–Crippen LogP) is -0.318. The van der Waals surface area contributed by atoms with Crippen molar-refractivity contribution in [2.45, 2.75) is 12.8 Å². The molecule has 0 spiro atoms. The molecule has 0 atom stereocenters. The summed E-state index contributed by atoms with van der Waals surface area (Å²) >= 11 is 0. The van der Waals surface area contributed by atoms with E-state index in [-0.39, 0.29) is 30.0 Å². The fourth-order valence-electron chi connectivity index (χ4n) is 3.59. The molecule has 1 fully saturated rings. The van der Waals surface area contributed by atoms with E-state index in [1.807, 2.05) is 0 Å². The van der Waals surface area contributed by atoms with Gasteiger partial charge in [0.25, 0.3) is 5.91 Å². The number of carbonyl (C=O) groups is 3. The summed E-state index contributed by atoms with van der Waals surface area (Å²) in [5.74, 6) is -0.541. The Balaban J connectivity index is 1.76. The van der Waals surface area contributed by atoms with E-state index in [4.69, 9.17) is 15.2 Å². The molecule has 0 saturated carbocycles. The van der Waals surface area contributed by atoms with E-state index < -0.39 is 5.97 Å². The number of primary amides is 1. The maximum absolute atomic E-state index is 12.6. The van der Waals surface area contributed by atoms with E-state index in [9.17, 15) is 14.4 Å². The highest BCUT2D eigenvalue weighted by atomic mass is 16.5. The molecular formula is C19H25N4O5+. The average molecular weight is 389 g/mol. The number of H-pyrrole nitrogens is 1. The van der Waals surface area contributed by atoms with Gasteiger partial charge in [0.1, 0.15) is 11.4 Å². The number of nitrogens with two attached hydrogens (primary N) is 1. The third kappa shape index (κ3) is 4.09. The van der Waals surface area contributed by atoms with Gasteiger partial charge in [-0.3, -0.25) is 9.59 Å². The van der Waals surface area contributed by atoms with Gasteiger partial charge < -0.3 is 30.4 Å². The number of anilines is 1. The fourth-order valence-corrected chi connectivity index (χ4v) is 3.59. The lowest BCUT2D eigenvalue weighted by Crippen LogP contribution is -3.14. The molecule has 2 aromatic rings. The van der Waals surface area contributed by atoms with Crippen molar-refractivity contribution in [1.29, 1.82) is 0 Å². The van der Waals surface area contributed by atoms with Gasteiger partial charge in [0.05, 0.1) is 38.5 Å². The number of quaternary nitrogens is 1. The Morgan fingerprint density at radius 3 is 2.57 bits per heavy atom. The van der Waals surface area contributed by atoms with Crippen LogP contribution < -0.4 is 20.7 Å². The number of benzene rings is 1. The van der Waals surface area contributed by atoms with Crippen LogP contribution in [0.5, 0.6) is 5.75 Å². The van der Waals surface area contributed by atoms with Crippen molar-refractivity contribution < 1.29 is 28.8 Å². The smallest absolute Gasteiger partial charge is 0.356 e. The van der Waals surface area contributed by atoms with Crippen LogP contribution in [0.25, 0.3) is 10.9 Å². The average Bonchev–Trinajstić information content (AvgIpc) is 3.05. The molecule has 1 saturated heterocycles. The summed E-state index contributed by atoms with van der Waals surface area (Å²) in [7, 11) is 2.84. The number of amides is 2. The summed E-state index contributed by atoms with van der Waals surface area (Å²) in [6, 6.07) is 5.28. The Labute approximate surface area is 162 Å². The van der Waals surface area contributed by atoms with Gasteiger partial charge in [-0.1, -0.05) is 0 Å². The molecule has 0 radical (unpaired) electrons. The number of methoxy groups -OCH3 is 2. The molecule has 0 unspecified atom stereocenters. The molecule has 28 heavy (non-hydrogen) atoms. The van der Waals surface area contributed by atoms with E-state index in [1.54, 1.807) is 25.3 Å². The molecular weight excluding hydrogens is 364 g/mol. The van der Waals surface area contributed by atoms with Crippen LogP contribution in [0, 0.1) is 5.92 Å². The second kappa shape index (κ2) is 8.30. The number of aromatic nitrogens is 1. The van der Waals surface area contributed by atoms with Gasteiger partial charge in [-0.25, -0.2) is 4.79 Å². The van der Waals surface area contributed by atoms with Crippen LogP contribution >= 0.6 is 0 Å². The van der Waals surface area contributed by atoms with E-state index in [1.165, 1.54) is 7.11 Å². The number of aromatic amines is 1. The molecule has 3 rings (SSSR count). The van der Waals surface area contributed by atoms with Gasteiger partial charge in [0, 0.05) is 30.2 Å². The number of esters is 1. The lowest BCUT2D eigenvalue weighted by atomic mass is 9.96. The summed E-state index contributed by atoms with van der Waals surface area (Å²) in [6.07, 6.45) is 1.36. The number of fused-ring (bicyclic) bond motifs is 1. The van der Waals surface area contributed by atoms with Crippen molar-refractivity contribution in [3.8, 4) is 5.75 Å². The molecule has 2 amide bonds. The first-order valence-electron chi connectivity index (χ1n) is 9.13. The third-order valence-corrected chi connectivity index (χ3v) is 5.17. The fraction of sp³-hybridized carbons (Fsp3) is 0.421. The number of ether oxygens (including phenoxy) is 2. The van der Waals surface area contributed by atoms with Gasteiger partial charge >= 0.3 is 5.97 Å². The lowest BCUT2D eigenvalue weighted by Gasteiger charge is -2.27. The lowest BCUT2D eigenvalue weighted by molar-refractivity contribution is -0.897. The van der Waals surface area contributed by atoms with Crippen LogP contribution in [-0.4, -0.2) is 56.6 Å². The first kappa shape index (κ1) is 19.7. The Morgan fingerprint density at radius 2 is 1.96 bits per heavy atom. The Bertz CT molecular complexity index is 899. The zero-order valence-corrected chi connectivity index (χ0v) is 16.0.